The molecule has 0 atom stereocenters. The summed E-state index contributed by atoms with van der Waals surface area (Å²) in [7, 11) is 0. The Kier molecular flexibility index (Phi) is 4.26. The van der Waals surface area contributed by atoms with Gasteiger partial charge in [-0.15, -0.1) is 0 Å². The Morgan fingerprint density at radius 3 is 2.27 bits per heavy atom. The van der Waals surface area contributed by atoms with E-state index in [0.717, 1.165) is 24.3 Å². The Labute approximate surface area is 148 Å². The first-order valence-corrected chi connectivity index (χ1v) is 7.77. The lowest BCUT2D eigenvalue weighted by molar-refractivity contribution is -0.115. The van der Waals surface area contributed by atoms with Crippen LogP contribution in [0.1, 0.15) is 18.1 Å². The van der Waals surface area contributed by atoms with Crippen molar-refractivity contribution in [3.05, 3.63) is 64.8 Å². The monoisotopic (exact) mass is 350 g/mol. The van der Waals surface area contributed by atoms with E-state index in [2.05, 4.69) is 0 Å². The average Bonchev–Trinajstić information content (AvgIpc) is 2.58. The molecule has 0 aliphatic heterocycles. The van der Waals surface area contributed by atoms with Gasteiger partial charge in [0.05, 0.1) is 0 Å². The number of hydrogen-bond acceptors (Lipinski definition) is 6. The number of aromatic hydroxyl groups is 2. The first kappa shape index (κ1) is 17.3. The Balaban J connectivity index is 1.95. The summed E-state index contributed by atoms with van der Waals surface area (Å²) in [6.07, 6.45) is 5.67. The molecule has 2 aliphatic rings. The van der Waals surface area contributed by atoms with Crippen molar-refractivity contribution in [2.45, 2.75) is 13.3 Å². The van der Waals surface area contributed by atoms with Crippen molar-refractivity contribution in [2.75, 3.05) is 0 Å². The van der Waals surface area contributed by atoms with Gasteiger partial charge in [-0.1, -0.05) is 0 Å². The highest BCUT2D eigenvalue weighted by atomic mass is 16.3. The van der Waals surface area contributed by atoms with E-state index in [9.17, 15) is 29.4 Å². The van der Waals surface area contributed by atoms with E-state index >= 15 is 0 Å². The van der Waals surface area contributed by atoms with Gasteiger partial charge in [0, 0.05) is 34.3 Å². The summed E-state index contributed by atoms with van der Waals surface area (Å²) in [5.41, 5.74) is 0.733. The number of phenolic OH excluding ortho intramolecular Hbond substituents is 2. The van der Waals surface area contributed by atoms with E-state index in [4.69, 9.17) is 0 Å². The largest absolute Gasteiger partial charge is 0.508 e. The summed E-state index contributed by atoms with van der Waals surface area (Å²) in [6.45, 7) is 1.54. The number of phenols is 2. The summed E-state index contributed by atoms with van der Waals surface area (Å²) < 4.78 is 0. The minimum Gasteiger partial charge on any atom is -0.508 e. The van der Waals surface area contributed by atoms with Crippen LogP contribution in [0.3, 0.4) is 0 Å². The van der Waals surface area contributed by atoms with Crippen LogP contribution in [0, 0.1) is 0 Å². The molecule has 2 N–H and O–H groups in total. The number of hydrogen-bond donors (Lipinski definition) is 2. The third-order valence-electron chi connectivity index (χ3n) is 4.18. The lowest BCUT2D eigenvalue weighted by Gasteiger charge is -2.14. The zero-order valence-corrected chi connectivity index (χ0v) is 13.8. The van der Waals surface area contributed by atoms with E-state index in [0.29, 0.717) is 5.57 Å². The lowest BCUT2D eigenvalue weighted by Crippen LogP contribution is -2.13. The molecular formula is C20H14O6. The fourth-order valence-electron chi connectivity index (χ4n) is 2.74. The number of rotatable bonds is 3. The van der Waals surface area contributed by atoms with E-state index < -0.39 is 11.6 Å². The maximum Gasteiger partial charge on any atom is 0.186 e. The zero-order chi connectivity index (χ0) is 19.0. The highest BCUT2D eigenvalue weighted by Gasteiger charge is 2.22. The molecule has 0 unspecified atom stereocenters. The SMILES string of the molecule is CC1=CC(=O)C(Cc2cc(O)c(C3=CC(=O)C=CC3=O)cc2O)=CC1=O. The zero-order valence-electron chi connectivity index (χ0n) is 13.8. The minimum atomic E-state index is -0.469. The van der Waals surface area contributed by atoms with Crippen molar-refractivity contribution >= 4 is 28.7 Å². The van der Waals surface area contributed by atoms with Crippen molar-refractivity contribution in [1.82, 2.24) is 0 Å². The highest BCUT2D eigenvalue weighted by molar-refractivity contribution is 6.34. The predicted octanol–water partition coefficient (Wildman–Crippen LogP) is 1.76. The number of carbonyl (C=O) groups is 4. The molecule has 0 amide bonds. The smallest absolute Gasteiger partial charge is 0.186 e. The molecule has 130 valence electrons. The second-order valence-corrected chi connectivity index (χ2v) is 6.06. The molecule has 0 saturated carbocycles. The van der Waals surface area contributed by atoms with Gasteiger partial charge in [0.15, 0.2) is 23.1 Å². The molecule has 1 aromatic rings. The third-order valence-corrected chi connectivity index (χ3v) is 4.18. The molecule has 0 radical (unpaired) electrons. The Hall–Kier alpha value is -3.54. The normalized spacial score (nSPS) is 17.2. The second kappa shape index (κ2) is 6.40. The molecule has 1 aromatic carbocycles. The summed E-state index contributed by atoms with van der Waals surface area (Å²) in [5.74, 6) is -2.08. The molecule has 0 spiro atoms. The molecule has 6 heteroatoms. The third kappa shape index (κ3) is 3.17. The summed E-state index contributed by atoms with van der Waals surface area (Å²) in [4.78, 5) is 47.1. The highest BCUT2D eigenvalue weighted by Crippen LogP contribution is 2.35. The number of benzene rings is 1. The number of allylic oxidation sites excluding steroid dienone is 8. The van der Waals surface area contributed by atoms with E-state index in [1.807, 2.05) is 0 Å². The fourth-order valence-corrected chi connectivity index (χ4v) is 2.74. The van der Waals surface area contributed by atoms with Crippen molar-refractivity contribution in [1.29, 1.82) is 0 Å². The van der Waals surface area contributed by atoms with Crippen molar-refractivity contribution in [3.8, 4) is 11.5 Å². The molecule has 0 fully saturated rings. The summed E-state index contributed by atoms with van der Waals surface area (Å²) in [6, 6.07) is 2.38. The standard InChI is InChI=1S/C20H14O6/c1-10-4-18(24)11(6-17(10)23)5-12-7-20(26)15(9-19(12)25)14-8-13(21)2-3-16(14)22/h2-4,6-9,25-26H,5H2,1H3. The van der Waals surface area contributed by atoms with Gasteiger partial charge in [0.1, 0.15) is 11.5 Å². The molecule has 0 saturated heterocycles. The first-order chi connectivity index (χ1) is 12.3. The summed E-state index contributed by atoms with van der Waals surface area (Å²) >= 11 is 0. The van der Waals surface area contributed by atoms with Gasteiger partial charge in [-0.2, -0.15) is 0 Å². The van der Waals surface area contributed by atoms with Crippen LogP contribution in [-0.2, 0) is 25.6 Å². The van der Waals surface area contributed by atoms with Gasteiger partial charge >= 0.3 is 0 Å². The van der Waals surface area contributed by atoms with Crippen LogP contribution >= 0.6 is 0 Å². The van der Waals surface area contributed by atoms with E-state index in [-0.39, 0.29) is 51.8 Å². The van der Waals surface area contributed by atoms with Gasteiger partial charge < -0.3 is 10.2 Å². The molecule has 3 rings (SSSR count). The van der Waals surface area contributed by atoms with Gasteiger partial charge in [-0.05, 0) is 49.4 Å². The Morgan fingerprint density at radius 2 is 1.54 bits per heavy atom. The van der Waals surface area contributed by atoms with Crippen LogP contribution in [0.5, 0.6) is 11.5 Å². The number of ketones is 4. The Bertz CT molecular complexity index is 1000. The average molecular weight is 350 g/mol. The van der Waals surface area contributed by atoms with Gasteiger partial charge in [-0.3, -0.25) is 19.2 Å². The molecule has 0 heterocycles. The second-order valence-electron chi connectivity index (χ2n) is 6.06. The fraction of sp³-hybridized carbons (Fsp3) is 0.100. The van der Waals surface area contributed by atoms with Crippen molar-refractivity contribution in [2.24, 2.45) is 0 Å². The van der Waals surface area contributed by atoms with Crippen LogP contribution in [0.25, 0.3) is 5.57 Å². The molecular weight excluding hydrogens is 336 g/mol. The van der Waals surface area contributed by atoms with E-state index in [1.165, 1.54) is 25.1 Å². The van der Waals surface area contributed by atoms with Gasteiger partial charge in [-0.25, -0.2) is 0 Å². The maximum atomic E-state index is 12.0. The van der Waals surface area contributed by atoms with Crippen LogP contribution in [0.2, 0.25) is 0 Å². The lowest BCUT2D eigenvalue weighted by atomic mass is 9.90. The molecule has 2 aliphatic carbocycles. The van der Waals surface area contributed by atoms with E-state index in [1.54, 1.807) is 0 Å². The molecule has 26 heavy (non-hydrogen) atoms. The van der Waals surface area contributed by atoms with Crippen LogP contribution in [0.4, 0.5) is 0 Å². The van der Waals surface area contributed by atoms with Gasteiger partial charge in [0.25, 0.3) is 0 Å². The van der Waals surface area contributed by atoms with Gasteiger partial charge in [0.2, 0.25) is 0 Å². The first-order valence-electron chi connectivity index (χ1n) is 7.77. The number of carbonyl (C=O) groups excluding carboxylic acids is 4. The topological polar surface area (TPSA) is 109 Å². The molecule has 0 bridgehead atoms. The van der Waals surface area contributed by atoms with Crippen LogP contribution in [-0.4, -0.2) is 33.3 Å². The molecule has 0 aromatic heterocycles. The maximum absolute atomic E-state index is 12.0. The quantitative estimate of drug-likeness (QED) is 0.635. The predicted molar refractivity (Wildman–Crippen MR) is 92.5 cm³/mol. The Morgan fingerprint density at radius 1 is 0.808 bits per heavy atom. The summed E-state index contributed by atoms with van der Waals surface area (Å²) in [5, 5.41) is 20.5. The molecule has 6 nitrogen and oxygen atoms in total. The van der Waals surface area contributed by atoms with Crippen LogP contribution < -0.4 is 0 Å². The van der Waals surface area contributed by atoms with Crippen molar-refractivity contribution in [3.63, 3.8) is 0 Å². The van der Waals surface area contributed by atoms with Crippen LogP contribution in [0.15, 0.2) is 53.7 Å². The van der Waals surface area contributed by atoms with Crippen molar-refractivity contribution < 1.29 is 29.4 Å². The minimum absolute atomic E-state index is 0.0183.